The molecule has 2 unspecified atom stereocenters. The summed E-state index contributed by atoms with van der Waals surface area (Å²) in [5.41, 5.74) is 4.12. The van der Waals surface area contributed by atoms with Crippen LogP contribution in [0.15, 0.2) is 85.1 Å². The molecule has 0 radical (unpaired) electrons. The molecule has 5 nitrogen and oxygen atoms in total. The van der Waals surface area contributed by atoms with Gasteiger partial charge in [-0.15, -0.1) is 11.6 Å². The fourth-order valence-electron chi connectivity index (χ4n) is 5.14. The summed E-state index contributed by atoms with van der Waals surface area (Å²) in [7, 11) is 5.66. The van der Waals surface area contributed by atoms with Crippen molar-refractivity contribution in [2.45, 2.75) is 17.3 Å². The molecule has 1 aliphatic rings. The van der Waals surface area contributed by atoms with Gasteiger partial charge in [-0.05, 0) is 72.6 Å². The number of rotatable bonds is 8. The Hall–Kier alpha value is -3.38. The lowest BCUT2D eigenvalue weighted by atomic mass is 9.68. The van der Waals surface area contributed by atoms with E-state index < -0.39 is 10.8 Å². The van der Waals surface area contributed by atoms with Gasteiger partial charge in [0.25, 0.3) is 0 Å². The van der Waals surface area contributed by atoms with Crippen molar-refractivity contribution in [3.8, 4) is 5.88 Å². The number of halogens is 2. The molecule has 0 N–H and O–H groups in total. The molecule has 2 aromatic heterocycles. The zero-order valence-corrected chi connectivity index (χ0v) is 23.1. The number of methoxy groups -OCH3 is 1. The Balaban J connectivity index is 1.70. The Morgan fingerprint density at radius 3 is 2.68 bits per heavy atom. The van der Waals surface area contributed by atoms with E-state index in [9.17, 15) is 4.79 Å². The van der Waals surface area contributed by atoms with E-state index in [1.807, 2.05) is 42.5 Å². The van der Waals surface area contributed by atoms with E-state index in [1.165, 1.54) is 7.11 Å². The van der Waals surface area contributed by atoms with Gasteiger partial charge in [0.15, 0.2) is 6.29 Å². The molecule has 0 saturated carbocycles. The van der Waals surface area contributed by atoms with Crippen LogP contribution >= 0.6 is 23.2 Å². The molecule has 0 bridgehead atoms. The Labute approximate surface area is 233 Å². The molecule has 2 heterocycles. The maximum Gasteiger partial charge on any atom is 0.224 e. The summed E-state index contributed by atoms with van der Waals surface area (Å²) in [5.74, 6) is 0.263. The number of ether oxygens (including phenoxy) is 1. The summed E-state index contributed by atoms with van der Waals surface area (Å²) in [5, 5.41) is 1.20. The topological polar surface area (TPSA) is 47.4 Å². The van der Waals surface area contributed by atoms with Crippen molar-refractivity contribution >= 4 is 46.0 Å². The molecule has 0 saturated heterocycles. The number of pyridine rings is 1. The third-order valence-electron chi connectivity index (χ3n) is 7.16. The number of likely N-dealkylation sites (N-methyl/N-ethyl adjacent to an activating group) is 1. The van der Waals surface area contributed by atoms with Crippen molar-refractivity contribution < 1.29 is 9.53 Å². The van der Waals surface area contributed by atoms with E-state index in [0.717, 1.165) is 47.0 Å². The molecule has 194 valence electrons. The predicted molar refractivity (Wildman–Crippen MR) is 156 cm³/mol. The second-order valence-corrected chi connectivity index (χ2v) is 10.5. The molecular weight excluding hydrogens is 517 g/mol. The third kappa shape index (κ3) is 4.55. The molecule has 2 atom stereocenters. The molecule has 38 heavy (non-hydrogen) atoms. The van der Waals surface area contributed by atoms with E-state index >= 15 is 0 Å². The lowest BCUT2D eigenvalue weighted by Crippen LogP contribution is -2.39. The maximum absolute atomic E-state index is 11.6. The fraction of sp³-hybridized carbons (Fsp3) is 0.226. The van der Waals surface area contributed by atoms with Gasteiger partial charge >= 0.3 is 0 Å². The molecule has 0 amide bonds. The molecule has 4 aromatic rings. The van der Waals surface area contributed by atoms with Crippen molar-refractivity contribution in [3.63, 3.8) is 0 Å². The fourth-order valence-corrected chi connectivity index (χ4v) is 5.89. The summed E-state index contributed by atoms with van der Waals surface area (Å²) in [6.45, 7) is 1.84. The zero-order chi connectivity index (χ0) is 26.9. The van der Waals surface area contributed by atoms with Crippen LogP contribution in [-0.2, 0) is 12.0 Å². The maximum atomic E-state index is 11.6. The van der Waals surface area contributed by atoms with Crippen LogP contribution in [0.4, 0.5) is 0 Å². The molecule has 7 heteroatoms. The first-order chi connectivity index (χ1) is 18.4. The van der Waals surface area contributed by atoms with Crippen molar-refractivity contribution in [2.24, 2.45) is 0 Å². The van der Waals surface area contributed by atoms with Gasteiger partial charge in [0, 0.05) is 29.8 Å². The number of aldehydes is 1. The normalized spacial score (nSPS) is 19.1. The number of carbonyl (C=O) groups excluding carboxylic acids is 1. The smallest absolute Gasteiger partial charge is 0.224 e. The number of hydrogen-bond donors (Lipinski definition) is 0. The SMILES string of the molecule is COc1nc(C2(c3ccc4c(ccn4CCN(C)C)c3)C=CC=C(c3ccccc3Cl)C2Cl)ccc1C=O. The van der Waals surface area contributed by atoms with Crippen LogP contribution in [0.5, 0.6) is 5.88 Å². The molecule has 0 fully saturated rings. The highest BCUT2D eigenvalue weighted by molar-refractivity contribution is 6.34. The Kier molecular flexibility index (Phi) is 7.44. The van der Waals surface area contributed by atoms with Gasteiger partial charge in [-0.3, -0.25) is 4.79 Å². The number of benzene rings is 2. The average Bonchev–Trinajstić information content (AvgIpc) is 3.34. The van der Waals surface area contributed by atoms with Gasteiger partial charge in [-0.2, -0.15) is 0 Å². The summed E-state index contributed by atoms with van der Waals surface area (Å²) in [4.78, 5) is 18.6. The molecule has 5 rings (SSSR count). The minimum atomic E-state index is -0.848. The molecule has 0 aliphatic heterocycles. The first-order valence-corrected chi connectivity index (χ1v) is 13.2. The average molecular weight is 546 g/mol. The summed E-state index contributed by atoms with van der Waals surface area (Å²) >= 11 is 14.1. The van der Waals surface area contributed by atoms with Crippen molar-refractivity contribution in [1.82, 2.24) is 14.5 Å². The van der Waals surface area contributed by atoms with Crippen LogP contribution in [-0.4, -0.2) is 53.9 Å². The zero-order valence-electron chi connectivity index (χ0n) is 21.6. The van der Waals surface area contributed by atoms with Gasteiger partial charge < -0.3 is 14.2 Å². The van der Waals surface area contributed by atoms with Gasteiger partial charge in [0.1, 0.15) is 0 Å². The quantitative estimate of drug-likeness (QED) is 0.184. The highest BCUT2D eigenvalue weighted by atomic mass is 35.5. The first kappa shape index (κ1) is 26.2. The lowest BCUT2D eigenvalue weighted by molar-refractivity contribution is 0.111. The third-order valence-corrected chi connectivity index (χ3v) is 8.07. The second kappa shape index (κ2) is 10.8. The minimum absolute atomic E-state index is 0.263. The largest absolute Gasteiger partial charge is 0.480 e. The van der Waals surface area contributed by atoms with Crippen LogP contribution in [0.3, 0.4) is 0 Å². The Morgan fingerprint density at radius 2 is 1.95 bits per heavy atom. The summed E-state index contributed by atoms with van der Waals surface area (Å²) < 4.78 is 7.74. The van der Waals surface area contributed by atoms with E-state index in [0.29, 0.717) is 16.3 Å². The standard InChI is InChI=1S/C31H29Cl2N3O2/c1-35(2)17-18-36-16-14-21-19-23(11-12-27(21)36)31(28-13-10-22(20-37)30(34-28)38-3)15-6-8-25(29(31)33)24-7-4-5-9-26(24)32/h4-16,19-20,29H,17-18H2,1-3H3. The van der Waals surface area contributed by atoms with Crippen LogP contribution in [0.25, 0.3) is 16.5 Å². The molecular formula is C31H29Cl2N3O2. The number of allylic oxidation sites excluding steroid dienone is 4. The number of aromatic nitrogens is 2. The van der Waals surface area contributed by atoms with Crippen LogP contribution < -0.4 is 4.74 Å². The van der Waals surface area contributed by atoms with Crippen LogP contribution in [0, 0.1) is 0 Å². The number of hydrogen-bond acceptors (Lipinski definition) is 4. The van der Waals surface area contributed by atoms with E-state index in [-0.39, 0.29) is 5.88 Å². The molecule has 2 aromatic carbocycles. The van der Waals surface area contributed by atoms with Crippen molar-refractivity contribution in [1.29, 1.82) is 0 Å². The van der Waals surface area contributed by atoms with E-state index in [1.54, 1.807) is 6.07 Å². The highest BCUT2D eigenvalue weighted by Crippen LogP contribution is 2.48. The lowest BCUT2D eigenvalue weighted by Gasteiger charge is -2.39. The summed E-state index contributed by atoms with van der Waals surface area (Å²) in [6, 6.07) is 19.9. The second-order valence-electron chi connectivity index (χ2n) is 9.69. The highest BCUT2D eigenvalue weighted by Gasteiger charge is 2.44. The van der Waals surface area contributed by atoms with Gasteiger partial charge in [0.05, 0.1) is 29.2 Å². The molecule has 0 spiro atoms. The first-order valence-electron chi connectivity index (χ1n) is 12.4. The van der Waals surface area contributed by atoms with Crippen molar-refractivity contribution in [3.05, 3.63) is 112 Å². The Bertz CT molecular complexity index is 1560. The van der Waals surface area contributed by atoms with Crippen LogP contribution in [0.2, 0.25) is 5.02 Å². The van der Waals surface area contributed by atoms with E-state index in [2.05, 4.69) is 60.1 Å². The van der Waals surface area contributed by atoms with Crippen molar-refractivity contribution in [2.75, 3.05) is 27.7 Å². The summed E-state index contributed by atoms with van der Waals surface area (Å²) in [6.07, 6.45) is 8.96. The van der Waals surface area contributed by atoms with E-state index in [4.69, 9.17) is 32.9 Å². The predicted octanol–water partition coefficient (Wildman–Crippen LogP) is 6.62. The number of fused-ring (bicyclic) bond motifs is 1. The number of alkyl halides is 1. The molecule has 1 aliphatic carbocycles. The monoisotopic (exact) mass is 545 g/mol. The van der Waals surface area contributed by atoms with Gasteiger partial charge in [0.2, 0.25) is 5.88 Å². The Morgan fingerprint density at radius 1 is 1.13 bits per heavy atom. The number of carbonyl (C=O) groups is 1. The number of nitrogens with zero attached hydrogens (tertiary/aromatic N) is 3. The van der Waals surface area contributed by atoms with Gasteiger partial charge in [-0.25, -0.2) is 4.98 Å². The minimum Gasteiger partial charge on any atom is -0.480 e. The van der Waals surface area contributed by atoms with Gasteiger partial charge in [-0.1, -0.05) is 54.1 Å². The van der Waals surface area contributed by atoms with Crippen LogP contribution in [0.1, 0.15) is 27.2 Å².